The summed E-state index contributed by atoms with van der Waals surface area (Å²) in [6.07, 6.45) is 0.959. The standard InChI is InChI=1S/C30H27F2NO6/c31-22-8-9-24(32)26(17-22)38-18-19-5-6-20(7-10-28(34)35)23(15-19)29(36)33-30(11-13-37-14-12-30)27-16-21-3-1-2-4-25(21)39-27/h1-6,8-9,15-17H,7,10-14,18H2,(H,33,36)(H,34,35). The molecular weight excluding hydrogens is 508 g/mol. The number of benzene rings is 3. The van der Waals surface area contributed by atoms with E-state index in [0.717, 1.165) is 23.6 Å². The summed E-state index contributed by atoms with van der Waals surface area (Å²) in [5.74, 6) is -2.37. The van der Waals surface area contributed by atoms with Crippen LogP contribution in [0.5, 0.6) is 5.75 Å². The Kier molecular flexibility index (Phi) is 7.60. The highest BCUT2D eigenvalue weighted by Crippen LogP contribution is 2.36. The maximum Gasteiger partial charge on any atom is 0.303 e. The van der Waals surface area contributed by atoms with E-state index >= 15 is 0 Å². The topological polar surface area (TPSA) is 98.0 Å². The van der Waals surface area contributed by atoms with Crippen molar-refractivity contribution in [2.24, 2.45) is 0 Å². The van der Waals surface area contributed by atoms with Gasteiger partial charge in [0.2, 0.25) is 0 Å². The Morgan fingerprint density at radius 2 is 1.79 bits per heavy atom. The molecule has 7 nitrogen and oxygen atoms in total. The summed E-state index contributed by atoms with van der Waals surface area (Å²) in [4.78, 5) is 25.1. The number of aliphatic carboxylic acids is 1. The molecule has 2 N–H and O–H groups in total. The molecule has 1 fully saturated rings. The molecular formula is C30H27F2NO6. The molecule has 0 saturated carbocycles. The first-order valence-electron chi connectivity index (χ1n) is 12.6. The van der Waals surface area contributed by atoms with Crippen LogP contribution >= 0.6 is 0 Å². The van der Waals surface area contributed by atoms with E-state index in [1.165, 1.54) is 0 Å². The van der Waals surface area contributed by atoms with Crippen LogP contribution in [-0.4, -0.2) is 30.2 Å². The summed E-state index contributed by atoms with van der Waals surface area (Å²) in [6.45, 7) is 0.731. The highest BCUT2D eigenvalue weighted by atomic mass is 19.1. The van der Waals surface area contributed by atoms with Gasteiger partial charge in [0.15, 0.2) is 11.6 Å². The van der Waals surface area contributed by atoms with Crippen molar-refractivity contribution < 1.29 is 37.4 Å². The van der Waals surface area contributed by atoms with Crippen molar-refractivity contribution in [1.82, 2.24) is 5.32 Å². The molecule has 1 aromatic heterocycles. The summed E-state index contributed by atoms with van der Waals surface area (Å²) >= 11 is 0. The molecule has 2 heterocycles. The largest absolute Gasteiger partial charge is 0.486 e. The van der Waals surface area contributed by atoms with Crippen LogP contribution in [0.15, 0.2) is 71.1 Å². The van der Waals surface area contributed by atoms with Gasteiger partial charge in [-0.2, -0.15) is 0 Å². The van der Waals surface area contributed by atoms with E-state index in [0.29, 0.717) is 48.5 Å². The van der Waals surface area contributed by atoms with Crippen molar-refractivity contribution >= 4 is 22.8 Å². The van der Waals surface area contributed by atoms with Crippen molar-refractivity contribution in [2.75, 3.05) is 13.2 Å². The minimum atomic E-state index is -0.987. The number of para-hydroxylation sites is 1. The molecule has 0 unspecified atom stereocenters. The first kappa shape index (κ1) is 26.4. The summed E-state index contributed by atoms with van der Waals surface area (Å²) in [5.41, 5.74) is 1.24. The van der Waals surface area contributed by atoms with Gasteiger partial charge in [-0.25, -0.2) is 8.78 Å². The van der Waals surface area contributed by atoms with Crippen molar-refractivity contribution in [3.8, 4) is 5.75 Å². The summed E-state index contributed by atoms with van der Waals surface area (Å²) in [5, 5.41) is 13.3. The average Bonchev–Trinajstić information content (AvgIpc) is 3.38. The van der Waals surface area contributed by atoms with E-state index in [1.54, 1.807) is 18.2 Å². The van der Waals surface area contributed by atoms with Gasteiger partial charge in [-0.05, 0) is 47.9 Å². The van der Waals surface area contributed by atoms with Crippen LogP contribution in [0.4, 0.5) is 8.78 Å². The molecule has 0 spiro atoms. The first-order chi connectivity index (χ1) is 18.8. The zero-order chi connectivity index (χ0) is 27.4. The second-order valence-electron chi connectivity index (χ2n) is 9.55. The van der Waals surface area contributed by atoms with E-state index in [1.807, 2.05) is 30.3 Å². The summed E-state index contributed by atoms with van der Waals surface area (Å²) < 4.78 is 44.8. The van der Waals surface area contributed by atoms with E-state index in [-0.39, 0.29) is 30.8 Å². The number of nitrogens with one attached hydrogen (secondary N) is 1. The minimum Gasteiger partial charge on any atom is -0.486 e. The second-order valence-corrected chi connectivity index (χ2v) is 9.55. The van der Waals surface area contributed by atoms with Crippen LogP contribution < -0.4 is 10.1 Å². The Labute approximate surface area is 223 Å². The number of hydrogen-bond donors (Lipinski definition) is 2. The number of carboxylic acid groups (broad SMARTS) is 1. The number of furan rings is 1. The predicted molar refractivity (Wildman–Crippen MR) is 138 cm³/mol. The van der Waals surface area contributed by atoms with Crippen LogP contribution in [0, 0.1) is 11.6 Å². The molecule has 1 aliphatic rings. The van der Waals surface area contributed by atoms with Crippen LogP contribution in [0.1, 0.15) is 46.5 Å². The third-order valence-corrected chi connectivity index (χ3v) is 6.91. The zero-order valence-electron chi connectivity index (χ0n) is 21.0. The van der Waals surface area contributed by atoms with Gasteiger partial charge >= 0.3 is 5.97 Å². The van der Waals surface area contributed by atoms with Crippen molar-refractivity contribution in [3.05, 3.63) is 101 Å². The van der Waals surface area contributed by atoms with Gasteiger partial charge in [-0.3, -0.25) is 9.59 Å². The molecule has 9 heteroatoms. The van der Waals surface area contributed by atoms with Gasteiger partial charge < -0.3 is 24.3 Å². The Bertz CT molecular complexity index is 1480. The van der Waals surface area contributed by atoms with Gasteiger partial charge in [0.1, 0.15) is 29.3 Å². The Balaban J connectivity index is 1.45. The molecule has 0 aliphatic carbocycles. The van der Waals surface area contributed by atoms with Crippen molar-refractivity contribution in [2.45, 2.75) is 37.8 Å². The number of carbonyl (C=O) groups is 2. The van der Waals surface area contributed by atoms with E-state index in [4.69, 9.17) is 13.9 Å². The molecule has 3 aromatic carbocycles. The number of halogens is 2. The van der Waals surface area contributed by atoms with Crippen molar-refractivity contribution in [3.63, 3.8) is 0 Å². The fourth-order valence-corrected chi connectivity index (χ4v) is 4.79. The minimum absolute atomic E-state index is 0.123. The number of ether oxygens (including phenoxy) is 2. The van der Waals surface area contributed by atoms with E-state index in [9.17, 15) is 23.5 Å². The Hall–Kier alpha value is -4.24. The number of hydrogen-bond acceptors (Lipinski definition) is 5. The third-order valence-electron chi connectivity index (χ3n) is 6.91. The smallest absolute Gasteiger partial charge is 0.303 e. The number of carboxylic acids is 1. The Morgan fingerprint density at radius 1 is 1.00 bits per heavy atom. The molecule has 1 saturated heterocycles. The molecule has 1 amide bonds. The van der Waals surface area contributed by atoms with Gasteiger partial charge in [-0.1, -0.05) is 30.3 Å². The third kappa shape index (κ3) is 5.93. The monoisotopic (exact) mass is 535 g/mol. The molecule has 1 aliphatic heterocycles. The lowest BCUT2D eigenvalue weighted by Gasteiger charge is -2.36. The van der Waals surface area contributed by atoms with Gasteiger partial charge in [-0.15, -0.1) is 0 Å². The number of fused-ring (bicyclic) bond motifs is 1. The highest BCUT2D eigenvalue weighted by molar-refractivity contribution is 5.96. The summed E-state index contributed by atoms with van der Waals surface area (Å²) in [6, 6.07) is 17.4. The van der Waals surface area contributed by atoms with Gasteiger partial charge in [0.25, 0.3) is 5.91 Å². The maximum atomic E-state index is 14.0. The molecule has 202 valence electrons. The quantitative estimate of drug-likeness (QED) is 0.284. The SMILES string of the molecule is O=C(O)CCc1ccc(COc2cc(F)ccc2F)cc1C(=O)NC1(c2cc3ccccc3o2)CCOCC1. The van der Waals surface area contributed by atoms with Crippen molar-refractivity contribution in [1.29, 1.82) is 0 Å². The fourth-order valence-electron chi connectivity index (χ4n) is 4.79. The lowest BCUT2D eigenvalue weighted by atomic mass is 9.86. The van der Waals surface area contributed by atoms with E-state index in [2.05, 4.69) is 5.32 Å². The molecule has 0 atom stereocenters. The van der Waals surface area contributed by atoms with Crippen LogP contribution in [-0.2, 0) is 28.1 Å². The Morgan fingerprint density at radius 3 is 2.56 bits per heavy atom. The highest BCUT2D eigenvalue weighted by Gasteiger charge is 2.39. The molecule has 4 aromatic rings. The molecule has 5 rings (SSSR count). The number of amides is 1. The van der Waals surface area contributed by atoms with Gasteiger partial charge in [0.05, 0.1) is 0 Å². The number of aryl methyl sites for hydroxylation is 1. The van der Waals surface area contributed by atoms with Crippen LogP contribution in [0.2, 0.25) is 0 Å². The summed E-state index contributed by atoms with van der Waals surface area (Å²) in [7, 11) is 0. The normalized spacial score (nSPS) is 14.7. The second kappa shape index (κ2) is 11.2. The number of rotatable bonds is 9. The fraction of sp³-hybridized carbons (Fsp3) is 0.267. The van der Waals surface area contributed by atoms with E-state index < -0.39 is 29.0 Å². The predicted octanol–water partition coefficient (Wildman–Crippen LogP) is 5.74. The average molecular weight is 536 g/mol. The first-order valence-corrected chi connectivity index (χ1v) is 12.6. The molecule has 0 radical (unpaired) electrons. The lowest BCUT2D eigenvalue weighted by molar-refractivity contribution is -0.136. The maximum absolute atomic E-state index is 14.0. The van der Waals surface area contributed by atoms with Crippen LogP contribution in [0.25, 0.3) is 11.0 Å². The van der Waals surface area contributed by atoms with Crippen LogP contribution in [0.3, 0.4) is 0 Å². The lowest BCUT2D eigenvalue weighted by Crippen LogP contribution is -2.49. The van der Waals surface area contributed by atoms with Gasteiger partial charge in [0, 0.05) is 49.5 Å². The zero-order valence-corrected chi connectivity index (χ0v) is 21.0. The molecule has 39 heavy (non-hydrogen) atoms. The number of carbonyl (C=O) groups excluding carboxylic acids is 1. The molecule has 0 bridgehead atoms.